The van der Waals surface area contributed by atoms with Crippen LogP contribution in [0, 0.1) is 11.6 Å². The van der Waals surface area contributed by atoms with Crippen LogP contribution in [0.4, 0.5) is 8.78 Å². The topological polar surface area (TPSA) is 133 Å². The molecule has 0 aliphatic rings. The lowest BCUT2D eigenvalue weighted by Crippen LogP contribution is -2.17. The molecule has 0 aliphatic carbocycles. The predicted molar refractivity (Wildman–Crippen MR) is 109 cm³/mol. The molecule has 0 unspecified atom stereocenters. The summed E-state index contributed by atoms with van der Waals surface area (Å²) in [6, 6.07) is 5.28. The first-order valence-electron chi connectivity index (χ1n) is 8.87. The molecule has 9 nitrogen and oxygen atoms in total. The number of aryl methyl sites for hydroxylation is 1. The summed E-state index contributed by atoms with van der Waals surface area (Å²) in [4.78, 5) is 12.6. The van der Waals surface area contributed by atoms with Crippen LogP contribution in [0.3, 0.4) is 0 Å². The van der Waals surface area contributed by atoms with Crippen molar-refractivity contribution in [3.63, 3.8) is 0 Å². The summed E-state index contributed by atoms with van der Waals surface area (Å²) < 4.78 is 57.6. The Bertz CT molecular complexity index is 1200. The highest BCUT2D eigenvalue weighted by Gasteiger charge is 2.19. The predicted octanol–water partition coefficient (Wildman–Crippen LogP) is 1.85. The van der Waals surface area contributed by atoms with Crippen molar-refractivity contribution >= 4 is 21.8 Å². The summed E-state index contributed by atoms with van der Waals surface area (Å²) in [7, 11) is -2.47. The number of ether oxygens (including phenoxy) is 1. The smallest absolute Gasteiger partial charge is 0.257 e. The van der Waals surface area contributed by atoms with Crippen molar-refractivity contribution < 1.29 is 27.0 Å². The highest BCUT2D eigenvalue weighted by molar-refractivity contribution is 7.98. The third-order valence-electron chi connectivity index (χ3n) is 4.02. The number of aliphatic hydroxyl groups excluding tert-OH is 1. The Morgan fingerprint density at radius 2 is 2.03 bits per heavy atom. The lowest BCUT2D eigenvalue weighted by molar-refractivity contribution is 0.124. The van der Waals surface area contributed by atoms with Crippen molar-refractivity contribution in [2.75, 3.05) is 6.61 Å². The molecule has 0 radical (unpaired) electrons. The zero-order valence-electron chi connectivity index (χ0n) is 16.5. The summed E-state index contributed by atoms with van der Waals surface area (Å²) in [5, 5.41) is 14.2. The van der Waals surface area contributed by atoms with Crippen molar-refractivity contribution in [2.45, 2.75) is 29.0 Å². The number of imidazole rings is 1. The van der Waals surface area contributed by atoms with Crippen molar-refractivity contribution in [2.24, 2.45) is 12.2 Å². The zero-order valence-corrected chi connectivity index (χ0v) is 18.1. The van der Waals surface area contributed by atoms with Crippen LogP contribution < -0.4 is 9.88 Å². The molecule has 1 aromatic carbocycles. The van der Waals surface area contributed by atoms with E-state index in [0.717, 1.165) is 17.8 Å². The average Bonchev–Trinajstić information content (AvgIpc) is 3.11. The number of primary sulfonamides is 1. The van der Waals surface area contributed by atoms with Crippen molar-refractivity contribution in [3.8, 4) is 17.4 Å². The second-order valence-corrected chi connectivity index (χ2v) is 9.00. The lowest BCUT2D eigenvalue weighted by atomic mass is 10.2. The number of nitrogens with zero attached hydrogens (tertiary/aromatic N) is 4. The van der Waals surface area contributed by atoms with E-state index in [-0.39, 0.29) is 45.5 Å². The summed E-state index contributed by atoms with van der Waals surface area (Å²) in [5.41, 5.74) is 0.341. The van der Waals surface area contributed by atoms with E-state index in [4.69, 9.17) is 9.88 Å². The Balaban J connectivity index is 1.99. The van der Waals surface area contributed by atoms with Gasteiger partial charge in [0, 0.05) is 30.6 Å². The van der Waals surface area contributed by atoms with Gasteiger partial charge in [-0.2, -0.15) is 4.98 Å². The van der Waals surface area contributed by atoms with E-state index in [1.165, 1.54) is 29.0 Å². The normalized spacial score (nSPS) is 12.7. The standard InChI is InChI=1S/C18H19F2N5O4S2/c1-10(8-26)29-14-6-13(17-24-15(7-25(17)2)31(21,27)28)22-18(23-14)30-9-11-4-3-5-12(19)16(11)20/h3-7,10,26H,8-9H2,1-2H3,(H2,21,27,28)/t10-/m1/s1. The Hall–Kier alpha value is -2.61. The van der Waals surface area contributed by atoms with Crippen molar-refractivity contribution in [1.82, 2.24) is 19.5 Å². The van der Waals surface area contributed by atoms with E-state index in [2.05, 4.69) is 15.0 Å². The van der Waals surface area contributed by atoms with E-state index in [0.29, 0.717) is 0 Å². The molecule has 3 rings (SSSR count). The molecule has 13 heteroatoms. The van der Waals surface area contributed by atoms with E-state index < -0.39 is 27.8 Å². The molecule has 0 aliphatic heterocycles. The largest absolute Gasteiger partial charge is 0.472 e. The van der Waals surface area contributed by atoms with Gasteiger partial charge < -0.3 is 14.4 Å². The fraction of sp³-hybridized carbons (Fsp3) is 0.278. The second kappa shape index (κ2) is 9.26. The number of rotatable bonds is 8. The number of halogens is 2. The van der Waals surface area contributed by atoms with Crippen LogP contribution in [0.15, 0.2) is 40.6 Å². The van der Waals surface area contributed by atoms with Gasteiger partial charge in [-0.3, -0.25) is 0 Å². The number of benzene rings is 1. The summed E-state index contributed by atoms with van der Waals surface area (Å²) in [6.45, 7) is 1.35. The zero-order chi connectivity index (χ0) is 22.8. The fourth-order valence-corrected chi connectivity index (χ4v) is 3.85. The lowest BCUT2D eigenvalue weighted by Gasteiger charge is -2.13. The van der Waals surface area contributed by atoms with Gasteiger partial charge in [-0.1, -0.05) is 23.9 Å². The Labute approximate surface area is 181 Å². The van der Waals surface area contributed by atoms with Gasteiger partial charge in [-0.05, 0) is 13.0 Å². The van der Waals surface area contributed by atoms with E-state index >= 15 is 0 Å². The van der Waals surface area contributed by atoms with Crippen LogP contribution in [0.2, 0.25) is 0 Å². The van der Waals surface area contributed by atoms with Crippen LogP contribution in [0.1, 0.15) is 12.5 Å². The van der Waals surface area contributed by atoms with Crippen LogP contribution >= 0.6 is 11.8 Å². The molecule has 3 aromatic rings. The number of thioether (sulfide) groups is 1. The van der Waals surface area contributed by atoms with Crippen molar-refractivity contribution in [3.05, 3.63) is 47.7 Å². The number of aliphatic hydroxyl groups is 1. The number of nitrogens with two attached hydrogens (primary N) is 1. The molecule has 0 spiro atoms. The minimum absolute atomic E-state index is 0.0328. The molecule has 1 atom stereocenters. The summed E-state index contributed by atoms with van der Waals surface area (Å²) in [5.74, 6) is -1.62. The highest BCUT2D eigenvalue weighted by Crippen LogP contribution is 2.28. The van der Waals surface area contributed by atoms with Gasteiger partial charge in [0.2, 0.25) is 5.88 Å². The Morgan fingerprint density at radius 3 is 2.68 bits per heavy atom. The highest BCUT2D eigenvalue weighted by atomic mass is 32.2. The van der Waals surface area contributed by atoms with Gasteiger partial charge in [0.15, 0.2) is 27.6 Å². The Kier molecular flexibility index (Phi) is 6.89. The van der Waals surface area contributed by atoms with Crippen LogP contribution in [-0.4, -0.2) is 45.8 Å². The first-order chi connectivity index (χ1) is 14.6. The van der Waals surface area contributed by atoms with Gasteiger partial charge in [-0.15, -0.1) is 0 Å². The van der Waals surface area contributed by atoms with E-state index in [1.54, 1.807) is 14.0 Å². The van der Waals surface area contributed by atoms with Gasteiger partial charge in [0.1, 0.15) is 11.8 Å². The number of sulfonamides is 1. The number of hydrogen-bond acceptors (Lipinski definition) is 8. The number of hydrogen-bond donors (Lipinski definition) is 2. The Morgan fingerprint density at radius 1 is 1.29 bits per heavy atom. The fourth-order valence-electron chi connectivity index (χ4n) is 2.50. The average molecular weight is 472 g/mol. The molecule has 0 fully saturated rings. The third kappa shape index (κ3) is 5.55. The first kappa shape index (κ1) is 23.1. The molecule has 2 aromatic heterocycles. The maximum atomic E-state index is 13.9. The number of aromatic nitrogens is 4. The molecule has 0 bridgehead atoms. The van der Waals surface area contributed by atoms with Gasteiger partial charge in [0.05, 0.1) is 6.61 Å². The molecular weight excluding hydrogens is 452 g/mol. The van der Waals surface area contributed by atoms with E-state index in [1.807, 2.05) is 0 Å². The molecule has 0 amide bonds. The quantitative estimate of drug-likeness (QED) is 0.376. The van der Waals surface area contributed by atoms with Gasteiger partial charge in [0.25, 0.3) is 10.0 Å². The second-order valence-electron chi connectivity index (χ2n) is 6.55. The molecular formula is C18H19F2N5O4S2. The minimum atomic E-state index is -4.03. The summed E-state index contributed by atoms with van der Waals surface area (Å²) >= 11 is 1.02. The molecule has 3 N–H and O–H groups in total. The first-order valence-corrected chi connectivity index (χ1v) is 11.4. The maximum Gasteiger partial charge on any atom is 0.257 e. The van der Waals surface area contributed by atoms with Crippen LogP contribution in [0.5, 0.6) is 5.88 Å². The molecule has 0 saturated carbocycles. The monoisotopic (exact) mass is 471 g/mol. The van der Waals surface area contributed by atoms with E-state index in [9.17, 15) is 22.3 Å². The maximum absolute atomic E-state index is 13.9. The van der Waals surface area contributed by atoms with Gasteiger partial charge in [-0.25, -0.2) is 32.3 Å². The van der Waals surface area contributed by atoms with Crippen molar-refractivity contribution in [1.29, 1.82) is 0 Å². The third-order valence-corrected chi connectivity index (χ3v) is 5.70. The SMILES string of the molecule is C[C@H](CO)Oc1cc(-c2nc(S(N)(=O)=O)cn2C)nc(SCc2cccc(F)c2F)n1. The molecule has 0 saturated heterocycles. The van der Waals surface area contributed by atoms with Crippen LogP contribution in [-0.2, 0) is 22.8 Å². The molecule has 2 heterocycles. The van der Waals surface area contributed by atoms with Crippen LogP contribution in [0.25, 0.3) is 11.5 Å². The van der Waals surface area contributed by atoms with Gasteiger partial charge >= 0.3 is 0 Å². The minimum Gasteiger partial charge on any atom is -0.472 e. The summed E-state index contributed by atoms with van der Waals surface area (Å²) in [6.07, 6.45) is 0.654. The molecule has 31 heavy (non-hydrogen) atoms. The molecule has 166 valence electrons.